The van der Waals surface area contributed by atoms with E-state index in [-0.39, 0.29) is 11.7 Å². The first-order valence-electron chi connectivity index (χ1n) is 7.36. The normalized spacial score (nSPS) is 17.6. The summed E-state index contributed by atoms with van der Waals surface area (Å²) in [6.45, 7) is 4.10. The average molecular weight is 264 g/mol. The van der Waals surface area contributed by atoms with E-state index in [1.54, 1.807) is 0 Å². The van der Waals surface area contributed by atoms with Crippen LogP contribution >= 0.6 is 0 Å². The number of benzene rings is 2. The molecule has 0 saturated carbocycles. The average Bonchev–Trinajstić information content (AvgIpc) is 2.46. The zero-order valence-corrected chi connectivity index (χ0v) is 12.1. The number of hydrogen-bond acceptors (Lipinski definition) is 1. The molecule has 1 aliphatic carbocycles. The predicted molar refractivity (Wildman–Crippen MR) is 82.4 cm³/mol. The van der Waals surface area contributed by atoms with E-state index in [1.807, 2.05) is 25.1 Å². The highest BCUT2D eigenvalue weighted by Gasteiger charge is 2.27. The van der Waals surface area contributed by atoms with Gasteiger partial charge in [-0.3, -0.25) is 4.79 Å². The minimum Gasteiger partial charge on any atom is -0.293 e. The summed E-state index contributed by atoms with van der Waals surface area (Å²) in [6, 6.07) is 14.5. The molecule has 1 nitrogen and oxygen atoms in total. The Morgan fingerprint density at radius 1 is 1.10 bits per heavy atom. The maximum atomic E-state index is 12.9. The van der Waals surface area contributed by atoms with Crippen LogP contribution in [0.15, 0.2) is 42.5 Å². The van der Waals surface area contributed by atoms with E-state index < -0.39 is 0 Å². The maximum Gasteiger partial charge on any atom is 0.170 e. The molecule has 102 valence electrons. The molecule has 1 heteroatoms. The fraction of sp³-hybridized carbons (Fsp3) is 0.316. The Balaban J connectivity index is 2.00. The minimum atomic E-state index is 0.0429. The van der Waals surface area contributed by atoms with Crippen LogP contribution in [0.5, 0.6) is 0 Å². The van der Waals surface area contributed by atoms with Gasteiger partial charge in [-0.15, -0.1) is 0 Å². The summed E-state index contributed by atoms with van der Waals surface area (Å²) in [5.74, 6) is 0.330. The fourth-order valence-corrected chi connectivity index (χ4v) is 3.30. The van der Waals surface area contributed by atoms with E-state index in [9.17, 15) is 4.79 Å². The molecule has 0 spiro atoms. The van der Waals surface area contributed by atoms with E-state index >= 15 is 0 Å². The molecule has 0 saturated heterocycles. The molecule has 0 amide bonds. The Hall–Kier alpha value is -1.89. The molecule has 1 unspecified atom stereocenters. The second-order valence-electron chi connectivity index (χ2n) is 5.83. The Bertz CT molecular complexity index is 655. The molecule has 0 aromatic heterocycles. The van der Waals surface area contributed by atoms with E-state index in [0.717, 1.165) is 30.4 Å². The van der Waals surface area contributed by atoms with Gasteiger partial charge in [-0.1, -0.05) is 48.0 Å². The van der Waals surface area contributed by atoms with Crippen LogP contribution in [-0.2, 0) is 6.42 Å². The van der Waals surface area contributed by atoms with E-state index in [0.29, 0.717) is 0 Å². The third-order valence-electron chi connectivity index (χ3n) is 4.33. The maximum absolute atomic E-state index is 12.9. The first-order valence-corrected chi connectivity index (χ1v) is 7.36. The lowest BCUT2D eigenvalue weighted by Crippen LogP contribution is -2.19. The molecular weight excluding hydrogens is 244 g/mol. The Morgan fingerprint density at radius 3 is 2.70 bits per heavy atom. The highest BCUT2D eigenvalue weighted by atomic mass is 16.1. The van der Waals surface area contributed by atoms with Gasteiger partial charge in [-0.25, -0.2) is 0 Å². The summed E-state index contributed by atoms with van der Waals surface area (Å²) in [5, 5.41) is 0. The van der Waals surface area contributed by atoms with Crippen molar-refractivity contribution in [3.05, 3.63) is 70.3 Å². The second-order valence-corrected chi connectivity index (χ2v) is 5.83. The Labute approximate surface area is 120 Å². The van der Waals surface area contributed by atoms with Gasteiger partial charge in [0.2, 0.25) is 0 Å². The van der Waals surface area contributed by atoms with Gasteiger partial charge in [0.05, 0.1) is 0 Å². The quantitative estimate of drug-likeness (QED) is 0.724. The lowest BCUT2D eigenvalue weighted by atomic mass is 9.78. The summed E-state index contributed by atoms with van der Waals surface area (Å²) >= 11 is 0. The largest absolute Gasteiger partial charge is 0.293 e. The molecule has 0 radical (unpaired) electrons. The number of hydrogen-bond donors (Lipinski definition) is 0. The molecule has 1 aliphatic rings. The zero-order valence-electron chi connectivity index (χ0n) is 12.1. The third kappa shape index (κ3) is 2.29. The number of rotatable bonds is 2. The number of aryl methyl sites for hydroxylation is 3. The van der Waals surface area contributed by atoms with Gasteiger partial charge in [-0.2, -0.15) is 0 Å². The van der Waals surface area contributed by atoms with Crippen molar-refractivity contribution in [2.45, 2.75) is 39.0 Å². The fourth-order valence-electron chi connectivity index (χ4n) is 3.30. The number of Topliss-reactive ketones (excluding diaryl/α,β-unsaturated/α-hetero) is 1. The zero-order chi connectivity index (χ0) is 14.1. The standard InChI is InChI=1S/C19H20O/c1-13-10-11-16(14(2)12-13)19(20)18-9-5-7-15-6-3-4-8-17(15)18/h3-4,6,8,10-12,18H,5,7,9H2,1-2H3. The summed E-state index contributed by atoms with van der Waals surface area (Å²) in [6.07, 6.45) is 3.19. The second kappa shape index (κ2) is 5.24. The molecule has 0 N–H and O–H groups in total. The van der Waals surface area contributed by atoms with Crippen LogP contribution < -0.4 is 0 Å². The van der Waals surface area contributed by atoms with Crippen molar-refractivity contribution in [1.29, 1.82) is 0 Å². The summed E-state index contributed by atoms with van der Waals surface area (Å²) in [4.78, 5) is 12.9. The summed E-state index contributed by atoms with van der Waals surface area (Å²) in [7, 11) is 0. The predicted octanol–water partition coefficient (Wildman–Crippen LogP) is 4.61. The first kappa shape index (κ1) is 13.1. The van der Waals surface area contributed by atoms with E-state index in [1.165, 1.54) is 16.7 Å². The highest BCUT2D eigenvalue weighted by Crippen LogP contribution is 2.34. The molecule has 1 atom stereocenters. The van der Waals surface area contributed by atoms with Crippen LogP contribution in [0.2, 0.25) is 0 Å². The molecular formula is C19H20O. The van der Waals surface area contributed by atoms with Crippen molar-refractivity contribution >= 4 is 5.78 Å². The topological polar surface area (TPSA) is 17.1 Å². The number of ketones is 1. The molecule has 0 bridgehead atoms. The van der Waals surface area contributed by atoms with Crippen LogP contribution in [0.3, 0.4) is 0 Å². The van der Waals surface area contributed by atoms with Crippen molar-refractivity contribution in [2.75, 3.05) is 0 Å². The highest BCUT2D eigenvalue weighted by molar-refractivity contribution is 6.02. The number of carbonyl (C=O) groups is 1. The Kier molecular flexibility index (Phi) is 3.43. The van der Waals surface area contributed by atoms with Gasteiger partial charge in [0, 0.05) is 11.5 Å². The number of carbonyl (C=O) groups excluding carboxylic acids is 1. The lowest BCUT2D eigenvalue weighted by molar-refractivity contribution is 0.0950. The first-order chi connectivity index (χ1) is 9.66. The molecule has 3 rings (SSSR count). The van der Waals surface area contributed by atoms with E-state index in [4.69, 9.17) is 0 Å². The minimum absolute atomic E-state index is 0.0429. The molecule has 2 aromatic carbocycles. The Morgan fingerprint density at radius 2 is 1.90 bits per heavy atom. The van der Waals surface area contributed by atoms with Crippen LogP contribution in [0.25, 0.3) is 0 Å². The van der Waals surface area contributed by atoms with Gasteiger partial charge in [-0.05, 0) is 49.8 Å². The third-order valence-corrected chi connectivity index (χ3v) is 4.33. The van der Waals surface area contributed by atoms with Crippen molar-refractivity contribution in [2.24, 2.45) is 0 Å². The molecule has 20 heavy (non-hydrogen) atoms. The van der Waals surface area contributed by atoms with Crippen molar-refractivity contribution in [3.8, 4) is 0 Å². The molecule has 0 aliphatic heterocycles. The SMILES string of the molecule is Cc1ccc(C(=O)C2CCCc3ccccc32)c(C)c1. The van der Waals surface area contributed by atoms with Crippen LogP contribution in [0, 0.1) is 13.8 Å². The van der Waals surface area contributed by atoms with Crippen LogP contribution in [0.4, 0.5) is 0 Å². The van der Waals surface area contributed by atoms with E-state index in [2.05, 4.69) is 31.2 Å². The van der Waals surface area contributed by atoms with Crippen molar-refractivity contribution in [3.63, 3.8) is 0 Å². The van der Waals surface area contributed by atoms with Crippen LogP contribution in [0.1, 0.15) is 51.4 Å². The number of fused-ring (bicyclic) bond motifs is 1. The summed E-state index contributed by atoms with van der Waals surface area (Å²) < 4.78 is 0. The molecule has 0 fully saturated rings. The van der Waals surface area contributed by atoms with Gasteiger partial charge in [0.25, 0.3) is 0 Å². The van der Waals surface area contributed by atoms with Gasteiger partial charge in [0.1, 0.15) is 0 Å². The van der Waals surface area contributed by atoms with Crippen LogP contribution in [-0.4, -0.2) is 5.78 Å². The van der Waals surface area contributed by atoms with Crippen molar-refractivity contribution in [1.82, 2.24) is 0 Å². The molecule has 0 heterocycles. The molecule has 2 aromatic rings. The van der Waals surface area contributed by atoms with Crippen molar-refractivity contribution < 1.29 is 4.79 Å². The smallest absolute Gasteiger partial charge is 0.170 e. The monoisotopic (exact) mass is 264 g/mol. The summed E-state index contributed by atoms with van der Waals surface area (Å²) in [5.41, 5.74) is 5.78. The lowest BCUT2D eigenvalue weighted by Gasteiger charge is -2.25. The van der Waals surface area contributed by atoms with Gasteiger partial charge >= 0.3 is 0 Å². The van der Waals surface area contributed by atoms with Gasteiger partial charge in [0.15, 0.2) is 5.78 Å². The van der Waals surface area contributed by atoms with Gasteiger partial charge < -0.3 is 0 Å².